The average molecular weight is 199 g/mol. The van der Waals surface area contributed by atoms with Crippen LogP contribution in [0.15, 0.2) is 12.1 Å². The molecule has 1 atom stereocenters. The summed E-state index contributed by atoms with van der Waals surface area (Å²) in [5.41, 5.74) is 5.20. The molecule has 0 saturated carbocycles. The van der Waals surface area contributed by atoms with Gasteiger partial charge in [-0.3, -0.25) is 0 Å². The van der Waals surface area contributed by atoms with Crippen LogP contribution in [-0.2, 0) is 0 Å². The summed E-state index contributed by atoms with van der Waals surface area (Å²) in [5, 5.41) is 0. The zero-order chi connectivity index (χ0) is 11.4. The van der Waals surface area contributed by atoms with E-state index in [0.717, 1.165) is 12.8 Å². The van der Waals surface area contributed by atoms with Crippen molar-refractivity contribution < 1.29 is 0 Å². The molecule has 0 aliphatic rings. The maximum Gasteiger partial charge on any atom is 0.0467 e. The lowest BCUT2D eigenvalue weighted by Crippen LogP contribution is -2.02. The van der Waals surface area contributed by atoms with Gasteiger partial charge in [0.2, 0.25) is 0 Å². The molecule has 1 rings (SSSR count). The van der Waals surface area contributed by atoms with Gasteiger partial charge in [-0.15, -0.1) is 0 Å². The lowest BCUT2D eigenvalue weighted by Gasteiger charge is -2.16. The number of rotatable bonds is 3. The van der Waals surface area contributed by atoms with Gasteiger partial charge in [0.1, 0.15) is 0 Å². The molecule has 1 unspecified atom stereocenters. The summed E-state index contributed by atoms with van der Waals surface area (Å²) in [4.78, 5) is 0. The van der Waals surface area contributed by atoms with Crippen molar-refractivity contribution in [2.24, 2.45) is 0 Å². The lowest BCUT2D eigenvalue weighted by atomic mass is 9.87. The van der Waals surface area contributed by atoms with E-state index in [1.54, 1.807) is 0 Å². The first-order chi connectivity index (χ1) is 7.10. The van der Waals surface area contributed by atoms with Gasteiger partial charge in [0.05, 0.1) is 0 Å². The third-order valence-corrected chi connectivity index (χ3v) is 2.84. The molecule has 0 bridgehead atoms. The van der Waals surface area contributed by atoms with Gasteiger partial charge in [-0.05, 0) is 50.3 Å². The molecule has 0 aliphatic carbocycles. The van der Waals surface area contributed by atoms with E-state index in [4.69, 9.17) is 6.42 Å². The zero-order valence-electron chi connectivity index (χ0n) is 10.1. The Balaban J connectivity index is 3.18. The van der Waals surface area contributed by atoms with Crippen LogP contribution in [0.1, 0.15) is 47.9 Å². The second kappa shape index (κ2) is 5.03. The van der Waals surface area contributed by atoms with Crippen LogP contribution in [0.5, 0.6) is 0 Å². The van der Waals surface area contributed by atoms with Crippen LogP contribution >= 0.6 is 0 Å². The normalized spacial score (nSPS) is 12.2. The predicted molar refractivity (Wildman–Crippen MR) is 65.4 cm³/mol. The van der Waals surface area contributed by atoms with Crippen molar-refractivity contribution in [2.75, 3.05) is 0 Å². The molecule has 79 valence electrons. The van der Waals surface area contributed by atoms with Gasteiger partial charge in [0.25, 0.3) is 0 Å². The summed E-state index contributed by atoms with van der Waals surface area (Å²) in [6.07, 6.45) is 9.52. The molecule has 15 heavy (non-hydrogen) atoms. The van der Waals surface area contributed by atoms with E-state index in [2.05, 4.69) is 45.7 Å². The van der Waals surface area contributed by atoms with E-state index < -0.39 is 0 Å². The van der Waals surface area contributed by atoms with Gasteiger partial charge in [0, 0.05) is 5.92 Å². The first kappa shape index (κ1) is 11.9. The van der Waals surface area contributed by atoms with E-state index in [9.17, 15) is 0 Å². The highest BCUT2D eigenvalue weighted by atomic mass is 14.2. The van der Waals surface area contributed by atoms with Crippen molar-refractivity contribution >= 4 is 0 Å². The standard InChI is InChI=1S/C15H19/c1-6-8-14(7-2)15-12(4)9-11(3)10-13(15)5/h9-10,14H,6,8H2,1,3-5H3. The van der Waals surface area contributed by atoms with E-state index in [1.165, 1.54) is 22.3 Å². The molecule has 1 aromatic rings. The third-order valence-electron chi connectivity index (χ3n) is 2.84. The maximum absolute atomic E-state index is 7.40. The van der Waals surface area contributed by atoms with Crippen LogP contribution in [0, 0.1) is 33.1 Å². The maximum atomic E-state index is 7.40. The summed E-state index contributed by atoms with van der Waals surface area (Å²) in [6.45, 7) is 8.54. The molecule has 0 amide bonds. The first-order valence-electron chi connectivity index (χ1n) is 5.60. The van der Waals surface area contributed by atoms with E-state index >= 15 is 0 Å². The molecule has 0 aliphatic heterocycles. The van der Waals surface area contributed by atoms with Crippen molar-refractivity contribution in [3.05, 3.63) is 40.8 Å². The van der Waals surface area contributed by atoms with Crippen LogP contribution in [-0.4, -0.2) is 0 Å². The first-order valence-corrected chi connectivity index (χ1v) is 5.60. The number of aryl methyl sites for hydroxylation is 3. The van der Waals surface area contributed by atoms with Crippen molar-refractivity contribution in [3.8, 4) is 5.92 Å². The van der Waals surface area contributed by atoms with E-state index in [-0.39, 0.29) is 5.92 Å². The molecule has 0 heteroatoms. The molecule has 0 nitrogen and oxygen atoms in total. The van der Waals surface area contributed by atoms with Crippen LogP contribution < -0.4 is 0 Å². The zero-order valence-corrected chi connectivity index (χ0v) is 10.1. The van der Waals surface area contributed by atoms with Crippen LogP contribution in [0.3, 0.4) is 0 Å². The summed E-state index contributed by atoms with van der Waals surface area (Å²) >= 11 is 0. The third kappa shape index (κ3) is 2.63. The van der Waals surface area contributed by atoms with Gasteiger partial charge >= 0.3 is 0 Å². The minimum atomic E-state index is 0.176. The van der Waals surface area contributed by atoms with Gasteiger partial charge in [0.15, 0.2) is 0 Å². The molecule has 0 saturated heterocycles. The van der Waals surface area contributed by atoms with Crippen molar-refractivity contribution in [1.82, 2.24) is 0 Å². The minimum Gasteiger partial charge on any atom is -0.0809 e. The van der Waals surface area contributed by atoms with Gasteiger partial charge in [-0.1, -0.05) is 37.0 Å². The summed E-state index contributed by atoms with van der Waals surface area (Å²) in [6, 6.07) is 4.39. The van der Waals surface area contributed by atoms with Gasteiger partial charge in [-0.2, -0.15) is 0 Å². The highest BCUT2D eigenvalue weighted by molar-refractivity contribution is 5.42. The highest BCUT2D eigenvalue weighted by Crippen LogP contribution is 2.28. The molecular weight excluding hydrogens is 180 g/mol. The fraction of sp³-hybridized carbons (Fsp3) is 0.467. The Bertz CT molecular complexity index is 357. The number of hydrogen-bond acceptors (Lipinski definition) is 0. The predicted octanol–water partition coefficient (Wildman–Crippen LogP) is 4.09. The van der Waals surface area contributed by atoms with Crippen molar-refractivity contribution in [1.29, 1.82) is 0 Å². The van der Waals surface area contributed by atoms with Crippen LogP contribution in [0.25, 0.3) is 0 Å². The Morgan fingerprint density at radius 3 is 2.13 bits per heavy atom. The van der Waals surface area contributed by atoms with Crippen molar-refractivity contribution in [3.63, 3.8) is 0 Å². The Hall–Kier alpha value is -1.22. The minimum absolute atomic E-state index is 0.176. The molecule has 0 spiro atoms. The Labute approximate surface area is 93.7 Å². The number of hydrogen-bond donors (Lipinski definition) is 0. The largest absolute Gasteiger partial charge is 0.0809 e. The Morgan fingerprint density at radius 1 is 1.20 bits per heavy atom. The summed E-state index contributed by atoms with van der Waals surface area (Å²) < 4.78 is 0. The molecular formula is C15H19. The lowest BCUT2D eigenvalue weighted by molar-refractivity contribution is 0.726. The Morgan fingerprint density at radius 2 is 1.73 bits per heavy atom. The fourth-order valence-electron chi connectivity index (χ4n) is 2.32. The second-order valence-electron chi connectivity index (χ2n) is 4.30. The average Bonchev–Trinajstić information content (AvgIpc) is 2.14. The highest BCUT2D eigenvalue weighted by Gasteiger charge is 2.13. The Kier molecular flexibility index (Phi) is 3.97. The quantitative estimate of drug-likeness (QED) is 0.643. The molecule has 1 radical (unpaired) electrons. The van der Waals surface area contributed by atoms with Gasteiger partial charge < -0.3 is 0 Å². The van der Waals surface area contributed by atoms with Gasteiger partial charge in [-0.25, -0.2) is 0 Å². The topological polar surface area (TPSA) is 0 Å². The van der Waals surface area contributed by atoms with Crippen LogP contribution in [0.4, 0.5) is 0 Å². The monoisotopic (exact) mass is 199 g/mol. The molecule has 0 N–H and O–H groups in total. The van der Waals surface area contributed by atoms with Crippen molar-refractivity contribution in [2.45, 2.75) is 46.5 Å². The van der Waals surface area contributed by atoms with Crippen LogP contribution in [0.2, 0.25) is 0 Å². The van der Waals surface area contributed by atoms with E-state index in [0.29, 0.717) is 0 Å². The summed E-state index contributed by atoms with van der Waals surface area (Å²) in [5.74, 6) is 2.85. The smallest absolute Gasteiger partial charge is 0.0467 e. The summed E-state index contributed by atoms with van der Waals surface area (Å²) in [7, 11) is 0. The fourth-order valence-corrected chi connectivity index (χ4v) is 2.32. The molecule has 0 heterocycles. The molecule has 1 aromatic carbocycles. The van der Waals surface area contributed by atoms with E-state index in [1.807, 2.05) is 0 Å². The molecule has 0 aromatic heterocycles. The second-order valence-corrected chi connectivity index (χ2v) is 4.30. The SMILES string of the molecule is [C]#CC(CCC)c1c(C)cc(C)cc1C. The number of benzene rings is 1. The molecule has 0 fully saturated rings.